The highest BCUT2D eigenvalue weighted by Crippen LogP contribution is 2.29. The second kappa shape index (κ2) is 6.91. The minimum absolute atomic E-state index is 0.491. The highest BCUT2D eigenvalue weighted by Gasteiger charge is 2.10. The fraction of sp³-hybridized carbons (Fsp3) is 0.308. The topological polar surface area (TPSA) is 47.3 Å². The molecular weight excluding hydrogens is 287 g/mol. The summed E-state index contributed by atoms with van der Waals surface area (Å²) in [5.74, 6) is 0.491. The second-order valence-corrected chi connectivity index (χ2v) is 4.78. The van der Waals surface area contributed by atoms with E-state index in [1.807, 2.05) is 0 Å². The van der Waals surface area contributed by atoms with Crippen molar-refractivity contribution in [1.82, 2.24) is 10.3 Å². The summed E-state index contributed by atoms with van der Waals surface area (Å²) in [5.41, 5.74) is 1.55. The van der Waals surface area contributed by atoms with E-state index in [1.165, 1.54) is 0 Å². The molecule has 4 nitrogen and oxygen atoms in total. The number of benzene rings is 1. The van der Waals surface area contributed by atoms with Crippen LogP contribution in [-0.2, 0) is 11.3 Å². The van der Waals surface area contributed by atoms with Gasteiger partial charge in [-0.2, -0.15) is 0 Å². The van der Waals surface area contributed by atoms with Crippen LogP contribution in [0.3, 0.4) is 0 Å². The van der Waals surface area contributed by atoms with Gasteiger partial charge in [0.2, 0.25) is 5.89 Å². The van der Waals surface area contributed by atoms with Crippen LogP contribution in [0.5, 0.6) is 0 Å². The van der Waals surface area contributed by atoms with Crippen molar-refractivity contribution in [2.75, 3.05) is 20.3 Å². The van der Waals surface area contributed by atoms with Gasteiger partial charge in [0.25, 0.3) is 0 Å². The van der Waals surface area contributed by atoms with Gasteiger partial charge in [-0.3, -0.25) is 0 Å². The van der Waals surface area contributed by atoms with Crippen LogP contribution in [0.15, 0.2) is 28.9 Å². The molecule has 0 atom stereocenters. The predicted molar refractivity (Wildman–Crippen MR) is 75.5 cm³/mol. The molecule has 0 bridgehead atoms. The first kappa shape index (κ1) is 14.3. The zero-order chi connectivity index (χ0) is 13.7. The summed E-state index contributed by atoms with van der Waals surface area (Å²) in [5, 5.41) is 4.30. The number of halogens is 2. The molecule has 6 heteroatoms. The Morgan fingerprint density at radius 1 is 1.37 bits per heavy atom. The molecule has 0 unspecified atom stereocenters. The number of methoxy groups -OCH3 is 1. The fourth-order valence-electron chi connectivity index (χ4n) is 1.57. The van der Waals surface area contributed by atoms with E-state index in [1.54, 1.807) is 31.6 Å². The van der Waals surface area contributed by atoms with E-state index in [4.69, 9.17) is 32.4 Å². The van der Waals surface area contributed by atoms with Crippen molar-refractivity contribution in [2.24, 2.45) is 0 Å². The number of nitrogens with zero attached hydrogens (tertiary/aromatic N) is 1. The number of ether oxygens (including phenoxy) is 1. The smallest absolute Gasteiger partial charge is 0.227 e. The Morgan fingerprint density at radius 2 is 2.21 bits per heavy atom. The predicted octanol–water partition coefficient (Wildman–Crippen LogP) is 3.38. The molecule has 102 valence electrons. The molecule has 2 rings (SSSR count). The van der Waals surface area contributed by atoms with E-state index in [9.17, 15) is 0 Å². The lowest BCUT2D eigenvalue weighted by Gasteiger charge is -2.00. The summed E-state index contributed by atoms with van der Waals surface area (Å²) in [6.45, 7) is 2.05. The molecule has 19 heavy (non-hydrogen) atoms. The summed E-state index contributed by atoms with van der Waals surface area (Å²) in [6, 6.07) is 5.21. The average molecular weight is 301 g/mol. The summed E-state index contributed by atoms with van der Waals surface area (Å²) in [6.07, 6.45) is 1.61. The van der Waals surface area contributed by atoms with E-state index in [-0.39, 0.29) is 0 Å². The van der Waals surface area contributed by atoms with E-state index >= 15 is 0 Å². The summed E-state index contributed by atoms with van der Waals surface area (Å²) in [7, 11) is 1.67. The van der Waals surface area contributed by atoms with E-state index in [0.29, 0.717) is 29.1 Å². The van der Waals surface area contributed by atoms with Gasteiger partial charge < -0.3 is 14.5 Å². The third kappa shape index (κ3) is 3.94. The highest BCUT2D eigenvalue weighted by atomic mass is 35.5. The fourth-order valence-corrected chi connectivity index (χ4v) is 2.05. The van der Waals surface area contributed by atoms with E-state index < -0.39 is 0 Å². The van der Waals surface area contributed by atoms with Gasteiger partial charge in [0.15, 0.2) is 0 Å². The van der Waals surface area contributed by atoms with Crippen LogP contribution in [-0.4, -0.2) is 25.2 Å². The van der Waals surface area contributed by atoms with E-state index in [0.717, 1.165) is 17.8 Å². The Labute approximate surface area is 121 Å². The zero-order valence-corrected chi connectivity index (χ0v) is 12.0. The molecule has 1 aromatic carbocycles. The normalized spacial score (nSPS) is 10.9. The van der Waals surface area contributed by atoms with Gasteiger partial charge in [0.05, 0.1) is 22.9 Å². The van der Waals surface area contributed by atoms with Crippen LogP contribution in [0.25, 0.3) is 11.5 Å². The minimum Gasteiger partial charge on any atom is -0.444 e. The van der Waals surface area contributed by atoms with Gasteiger partial charge in [0.1, 0.15) is 6.26 Å². The van der Waals surface area contributed by atoms with Crippen LogP contribution < -0.4 is 5.32 Å². The van der Waals surface area contributed by atoms with Crippen LogP contribution in [0.4, 0.5) is 0 Å². The first-order valence-corrected chi connectivity index (χ1v) is 6.56. The van der Waals surface area contributed by atoms with Gasteiger partial charge in [-0.05, 0) is 18.2 Å². The number of aromatic nitrogens is 1. The molecule has 2 aromatic rings. The lowest BCUT2D eigenvalue weighted by Crippen LogP contribution is -2.18. The molecule has 0 aliphatic heterocycles. The molecule has 0 spiro atoms. The Morgan fingerprint density at radius 3 is 2.95 bits per heavy atom. The molecule has 0 fully saturated rings. The number of rotatable bonds is 6. The van der Waals surface area contributed by atoms with Gasteiger partial charge in [0, 0.05) is 25.2 Å². The van der Waals surface area contributed by atoms with Crippen molar-refractivity contribution in [2.45, 2.75) is 6.54 Å². The van der Waals surface area contributed by atoms with Crippen molar-refractivity contribution >= 4 is 23.2 Å². The SMILES string of the molecule is COCCNCc1coc(-c2ccc(Cl)cc2Cl)n1. The largest absolute Gasteiger partial charge is 0.444 e. The number of oxazole rings is 1. The van der Waals surface area contributed by atoms with E-state index in [2.05, 4.69) is 10.3 Å². The first-order chi connectivity index (χ1) is 9.20. The van der Waals surface area contributed by atoms with Crippen LogP contribution >= 0.6 is 23.2 Å². The summed E-state index contributed by atoms with van der Waals surface area (Å²) in [4.78, 5) is 4.37. The first-order valence-electron chi connectivity index (χ1n) is 5.80. The number of hydrogen-bond donors (Lipinski definition) is 1. The molecule has 0 aliphatic carbocycles. The van der Waals surface area contributed by atoms with Crippen molar-refractivity contribution in [1.29, 1.82) is 0 Å². The van der Waals surface area contributed by atoms with Gasteiger partial charge in [-0.1, -0.05) is 23.2 Å². The van der Waals surface area contributed by atoms with Gasteiger partial charge in [-0.25, -0.2) is 4.98 Å². The number of nitrogens with one attached hydrogen (secondary N) is 1. The Balaban J connectivity index is 2.04. The van der Waals surface area contributed by atoms with Crippen LogP contribution in [0, 0.1) is 0 Å². The second-order valence-electron chi connectivity index (χ2n) is 3.94. The maximum Gasteiger partial charge on any atom is 0.227 e. The van der Waals surface area contributed by atoms with Crippen molar-refractivity contribution in [3.05, 3.63) is 40.2 Å². The molecule has 0 aliphatic rings. The Bertz CT molecular complexity index is 543. The standard InChI is InChI=1S/C13H14Cl2N2O2/c1-18-5-4-16-7-10-8-19-13(17-10)11-3-2-9(14)6-12(11)15/h2-3,6,8,16H,4-5,7H2,1H3. The Hall–Kier alpha value is -1.07. The summed E-state index contributed by atoms with van der Waals surface area (Å²) >= 11 is 12.0. The average Bonchev–Trinajstić information content (AvgIpc) is 2.83. The lowest BCUT2D eigenvalue weighted by molar-refractivity contribution is 0.199. The van der Waals surface area contributed by atoms with Crippen molar-refractivity contribution in [3.8, 4) is 11.5 Å². The lowest BCUT2D eigenvalue weighted by atomic mass is 10.2. The van der Waals surface area contributed by atoms with Crippen LogP contribution in [0.2, 0.25) is 10.0 Å². The maximum atomic E-state index is 6.10. The summed E-state index contributed by atoms with van der Waals surface area (Å²) < 4.78 is 10.4. The molecule has 1 N–H and O–H groups in total. The monoisotopic (exact) mass is 300 g/mol. The quantitative estimate of drug-likeness (QED) is 0.831. The third-order valence-corrected chi connectivity index (χ3v) is 3.05. The van der Waals surface area contributed by atoms with Crippen LogP contribution in [0.1, 0.15) is 5.69 Å². The highest BCUT2D eigenvalue weighted by molar-refractivity contribution is 6.36. The van der Waals surface area contributed by atoms with Gasteiger partial charge >= 0.3 is 0 Å². The molecule has 0 saturated carbocycles. The molecule has 0 saturated heterocycles. The Kier molecular flexibility index (Phi) is 5.22. The molecule has 0 radical (unpaired) electrons. The third-order valence-electron chi connectivity index (χ3n) is 2.50. The van der Waals surface area contributed by atoms with Gasteiger partial charge in [-0.15, -0.1) is 0 Å². The molecule has 1 aromatic heterocycles. The van der Waals surface area contributed by atoms with Crippen molar-refractivity contribution in [3.63, 3.8) is 0 Å². The molecule has 1 heterocycles. The minimum atomic E-state index is 0.491. The maximum absolute atomic E-state index is 6.10. The molecular formula is C13H14Cl2N2O2. The molecule has 0 amide bonds. The zero-order valence-electron chi connectivity index (χ0n) is 10.5. The van der Waals surface area contributed by atoms with Crippen molar-refractivity contribution < 1.29 is 9.15 Å². The number of hydrogen-bond acceptors (Lipinski definition) is 4.